The van der Waals surface area contributed by atoms with Gasteiger partial charge in [-0.3, -0.25) is 4.79 Å². The quantitative estimate of drug-likeness (QED) is 0.702. The SMILES string of the molecule is COc1ccc(OCCCC(=O)NC2CCCCC2CN)cc1.Cl. The average molecular weight is 357 g/mol. The van der Waals surface area contributed by atoms with Gasteiger partial charge in [0.15, 0.2) is 0 Å². The molecule has 136 valence electrons. The van der Waals surface area contributed by atoms with E-state index in [0.29, 0.717) is 31.9 Å². The molecule has 6 heteroatoms. The van der Waals surface area contributed by atoms with Crippen LogP contribution < -0.4 is 20.5 Å². The van der Waals surface area contributed by atoms with E-state index >= 15 is 0 Å². The lowest BCUT2D eigenvalue weighted by molar-refractivity contribution is -0.122. The van der Waals surface area contributed by atoms with Crippen molar-refractivity contribution < 1.29 is 14.3 Å². The zero-order chi connectivity index (χ0) is 16.5. The Labute approximate surface area is 150 Å². The van der Waals surface area contributed by atoms with Crippen LogP contribution in [0.3, 0.4) is 0 Å². The summed E-state index contributed by atoms with van der Waals surface area (Å²) in [6.07, 6.45) is 5.78. The summed E-state index contributed by atoms with van der Waals surface area (Å²) in [5.74, 6) is 2.14. The van der Waals surface area contributed by atoms with Crippen molar-refractivity contribution in [3.8, 4) is 11.5 Å². The van der Waals surface area contributed by atoms with Crippen molar-refractivity contribution >= 4 is 18.3 Å². The molecular formula is C18H29ClN2O3. The second-order valence-corrected chi connectivity index (χ2v) is 6.08. The number of benzene rings is 1. The molecule has 24 heavy (non-hydrogen) atoms. The Bertz CT molecular complexity index is 482. The minimum absolute atomic E-state index is 0. The molecule has 0 spiro atoms. The Morgan fingerprint density at radius 3 is 2.54 bits per heavy atom. The first-order chi connectivity index (χ1) is 11.2. The summed E-state index contributed by atoms with van der Waals surface area (Å²) in [7, 11) is 1.63. The number of rotatable bonds is 8. The molecule has 0 bridgehead atoms. The van der Waals surface area contributed by atoms with Crippen LogP contribution in [0.4, 0.5) is 0 Å². The molecule has 0 aliphatic heterocycles. The molecule has 1 aromatic rings. The fourth-order valence-corrected chi connectivity index (χ4v) is 3.05. The molecule has 1 saturated carbocycles. The summed E-state index contributed by atoms with van der Waals surface area (Å²) >= 11 is 0. The van der Waals surface area contributed by atoms with Gasteiger partial charge in [0, 0.05) is 12.5 Å². The largest absolute Gasteiger partial charge is 0.497 e. The number of halogens is 1. The molecule has 1 aliphatic carbocycles. The summed E-state index contributed by atoms with van der Waals surface area (Å²) < 4.78 is 10.7. The van der Waals surface area contributed by atoms with Gasteiger partial charge in [-0.15, -0.1) is 12.4 Å². The van der Waals surface area contributed by atoms with Crippen molar-refractivity contribution in [2.75, 3.05) is 20.3 Å². The molecule has 1 aromatic carbocycles. The molecule has 0 aromatic heterocycles. The van der Waals surface area contributed by atoms with Crippen molar-refractivity contribution in [3.63, 3.8) is 0 Å². The van der Waals surface area contributed by atoms with Crippen LogP contribution in [0.1, 0.15) is 38.5 Å². The lowest BCUT2D eigenvalue weighted by Gasteiger charge is -2.31. The maximum Gasteiger partial charge on any atom is 0.220 e. The predicted molar refractivity (Wildman–Crippen MR) is 97.9 cm³/mol. The van der Waals surface area contributed by atoms with E-state index in [-0.39, 0.29) is 24.4 Å². The molecule has 0 saturated heterocycles. The molecule has 0 heterocycles. The highest BCUT2D eigenvalue weighted by atomic mass is 35.5. The Balaban J connectivity index is 0.00000288. The van der Waals surface area contributed by atoms with E-state index in [1.807, 2.05) is 24.3 Å². The molecule has 1 fully saturated rings. The zero-order valence-corrected chi connectivity index (χ0v) is 15.1. The number of nitrogens with one attached hydrogen (secondary N) is 1. The maximum absolute atomic E-state index is 12.0. The molecular weight excluding hydrogens is 328 g/mol. The lowest BCUT2D eigenvalue weighted by Crippen LogP contribution is -2.44. The Hall–Kier alpha value is -1.46. The van der Waals surface area contributed by atoms with E-state index < -0.39 is 0 Å². The van der Waals surface area contributed by atoms with Crippen LogP contribution in [-0.2, 0) is 4.79 Å². The first-order valence-electron chi connectivity index (χ1n) is 8.49. The number of methoxy groups -OCH3 is 1. The molecule has 1 amide bonds. The second kappa shape index (κ2) is 11.2. The van der Waals surface area contributed by atoms with E-state index in [4.69, 9.17) is 15.2 Å². The smallest absolute Gasteiger partial charge is 0.220 e. The van der Waals surface area contributed by atoms with Gasteiger partial charge in [-0.05, 0) is 56.0 Å². The number of carbonyl (C=O) groups is 1. The monoisotopic (exact) mass is 356 g/mol. The van der Waals surface area contributed by atoms with Crippen molar-refractivity contribution in [1.82, 2.24) is 5.32 Å². The molecule has 2 unspecified atom stereocenters. The van der Waals surface area contributed by atoms with E-state index in [1.54, 1.807) is 7.11 Å². The van der Waals surface area contributed by atoms with E-state index in [2.05, 4.69) is 5.32 Å². The lowest BCUT2D eigenvalue weighted by atomic mass is 9.84. The molecule has 2 atom stereocenters. The van der Waals surface area contributed by atoms with Gasteiger partial charge in [0.1, 0.15) is 11.5 Å². The van der Waals surface area contributed by atoms with Crippen LogP contribution in [0.2, 0.25) is 0 Å². The van der Waals surface area contributed by atoms with Gasteiger partial charge in [0.25, 0.3) is 0 Å². The second-order valence-electron chi connectivity index (χ2n) is 6.08. The van der Waals surface area contributed by atoms with Crippen molar-refractivity contribution in [1.29, 1.82) is 0 Å². The van der Waals surface area contributed by atoms with Crippen molar-refractivity contribution in [2.24, 2.45) is 11.7 Å². The first-order valence-corrected chi connectivity index (χ1v) is 8.49. The molecule has 0 radical (unpaired) electrons. The van der Waals surface area contributed by atoms with Gasteiger partial charge >= 0.3 is 0 Å². The minimum Gasteiger partial charge on any atom is -0.497 e. The third-order valence-electron chi connectivity index (χ3n) is 4.43. The molecule has 1 aliphatic rings. The highest BCUT2D eigenvalue weighted by molar-refractivity contribution is 5.85. The normalized spacial score (nSPS) is 19.9. The Morgan fingerprint density at radius 2 is 1.88 bits per heavy atom. The van der Waals surface area contributed by atoms with E-state index in [9.17, 15) is 4.79 Å². The molecule has 2 rings (SSSR count). The number of hydrogen-bond acceptors (Lipinski definition) is 4. The van der Waals surface area contributed by atoms with Crippen LogP contribution in [0.25, 0.3) is 0 Å². The van der Waals surface area contributed by atoms with Gasteiger partial charge in [0.2, 0.25) is 5.91 Å². The van der Waals surface area contributed by atoms with Crippen molar-refractivity contribution in [2.45, 2.75) is 44.6 Å². The maximum atomic E-state index is 12.0. The topological polar surface area (TPSA) is 73.6 Å². The zero-order valence-electron chi connectivity index (χ0n) is 14.3. The van der Waals surface area contributed by atoms with Gasteiger partial charge in [-0.2, -0.15) is 0 Å². The Morgan fingerprint density at radius 1 is 1.21 bits per heavy atom. The van der Waals surface area contributed by atoms with E-state index in [0.717, 1.165) is 24.3 Å². The third kappa shape index (κ3) is 6.57. The molecule has 3 N–H and O–H groups in total. The van der Waals surface area contributed by atoms with Gasteiger partial charge < -0.3 is 20.5 Å². The average Bonchev–Trinajstić information content (AvgIpc) is 2.59. The number of nitrogens with two attached hydrogens (primary N) is 1. The summed E-state index contributed by atoms with van der Waals surface area (Å²) in [4.78, 5) is 12.0. The van der Waals surface area contributed by atoms with Gasteiger partial charge in [-0.1, -0.05) is 12.8 Å². The summed E-state index contributed by atoms with van der Waals surface area (Å²) in [5.41, 5.74) is 5.80. The number of amides is 1. The standard InChI is InChI=1S/C18H28N2O3.ClH/c1-22-15-8-10-16(11-9-15)23-12-4-7-18(21)20-17-6-3-2-5-14(17)13-19;/h8-11,14,17H,2-7,12-13,19H2,1H3,(H,20,21);1H. The summed E-state index contributed by atoms with van der Waals surface area (Å²) in [6.45, 7) is 1.19. The number of carbonyl (C=O) groups excluding carboxylic acids is 1. The fraction of sp³-hybridized carbons (Fsp3) is 0.611. The Kier molecular flexibility index (Phi) is 9.57. The highest BCUT2D eigenvalue weighted by Gasteiger charge is 2.24. The minimum atomic E-state index is 0. The van der Waals surface area contributed by atoms with Crippen LogP contribution in [-0.4, -0.2) is 32.2 Å². The van der Waals surface area contributed by atoms with Gasteiger partial charge in [-0.25, -0.2) is 0 Å². The van der Waals surface area contributed by atoms with Gasteiger partial charge in [0.05, 0.1) is 13.7 Å². The first kappa shape index (κ1) is 20.6. The summed E-state index contributed by atoms with van der Waals surface area (Å²) in [5, 5.41) is 3.14. The van der Waals surface area contributed by atoms with Crippen LogP contribution in [0.15, 0.2) is 24.3 Å². The fourth-order valence-electron chi connectivity index (χ4n) is 3.05. The number of ether oxygens (including phenoxy) is 2. The molecule has 5 nitrogen and oxygen atoms in total. The number of hydrogen-bond donors (Lipinski definition) is 2. The highest BCUT2D eigenvalue weighted by Crippen LogP contribution is 2.23. The van der Waals surface area contributed by atoms with Crippen LogP contribution in [0, 0.1) is 5.92 Å². The van der Waals surface area contributed by atoms with Crippen LogP contribution >= 0.6 is 12.4 Å². The van der Waals surface area contributed by atoms with Crippen molar-refractivity contribution in [3.05, 3.63) is 24.3 Å². The van der Waals surface area contributed by atoms with Crippen LogP contribution in [0.5, 0.6) is 11.5 Å². The predicted octanol–water partition coefficient (Wildman–Crippen LogP) is 2.91. The van der Waals surface area contributed by atoms with E-state index in [1.165, 1.54) is 12.8 Å². The third-order valence-corrected chi connectivity index (χ3v) is 4.43. The summed E-state index contributed by atoms with van der Waals surface area (Å²) in [6, 6.07) is 7.71.